The van der Waals surface area contributed by atoms with E-state index in [4.69, 9.17) is 15.9 Å². The van der Waals surface area contributed by atoms with E-state index in [9.17, 15) is 0 Å². The Kier molecular flexibility index (Phi) is 3.43. The first kappa shape index (κ1) is 14.3. The van der Waals surface area contributed by atoms with Gasteiger partial charge in [-0.3, -0.25) is 4.98 Å². The predicted molar refractivity (Wildman–Crippen MR) is 97.5 cm³/mol. The quantitative estimate of drug-likeness (QED) is 0.592. The minimum atomic E-state index is 0.236. The lowest BCUT2D eigenvalue weighted by molar-refractivity contribution is 0.638. The molecule has 0 fully saturated rings. The van der Waals surface area contributed by atoms with Crippen molar-refractivity contribution in [1.29, 1.82) is 0 Å². The van der Waals surface area contributed by atoms with E-state index in [-0.39, 0.29) is 5.88 Å². The Labute approximate surface area is 139 Å². The summed E-state index contributed by atoms with van der Waals surface area (Å²) in [6.07, 6.45) is 2.63. The first-order valence-corrected chi connectivity index (χ1v) is 7.78. The van der Waals surface area contributed by atoms with Crippen LogP contribution in [0.3, 0.4) is 0 Å². The monoisotopic (exact) mass is 315 g/mol. The van der Waals surface area contributed by atoms with Crippen LogP contribution in [0.1, 0.15) is 11.1 Å². The van der Waals surface area contributed by atoms with Crippen molar-refractivity contribution in [2.24, 2.45) is 0 Å². The number of pyridine rings is 1. The zero-order chi connectivity index (χ0) is 16.5. The van der Waals surface area contributed by atoms with E-state index < -0.39 is 0 Å². The number of anilines is 2. The van der Waals surface area contributed by atoms with Gasteiger partial charge in [-0.25, -0.2) is 0 Å². The number of hydrogen-bond acceptors (Lipinski definition) is 4. The van der Waals surface area contributed by atoms with Crippen LogP contribution >= 0.6 is 0 Å². The molecule has 4 aromatic rings. The average Bonchev–Trinajstić information content (AvgIpc) is 2.91. The minimum Gasteiger partial charge on any atom is -0.436 e. The molecule has 0 unspecified atom stereocenters. The maximum atomic E-state index is 5.95. The molecule has 0 radical (unpaired) electrons. The highest BCUT2D eigenvalue weighted by atomic mass is 16.3. The summed E-state index contributed by atoms with van der Waals surface area (Å²) in [6.45, 7) is 0. The minimum absolute atomic E-state index is 0.236. The van der Waals surface area contributed by atoms with E-state index >= 15 is 0 Å². The Hall–Kier alpha value is -3.27. The molecule has 4 nitrogen and oxygen atoms in total. The van der Waals surface area contributed by atoms with Crippen LogP contribution in [0, 0.1) is 0 Å². The molecule has 24 heavy (non-hydrogen) atoms. The molecule has 4 N–H and O–H groups in total. The number of rotatable bonds is 3. The van der Waals surface area contributed by atoms with Crippen molar-refractivity contribution < 1.29 is 4.42 Å². The molecule has 4 heteroatoms. The lowest BCUT2D eigenvalue weighted by Crippen LogP contribution is -1.90. The lowest BCUT2D eigenvalue weighted by atomic mass is 10.0. The fourth-order valence-electron chi connectivity index (χ4n) is 2.88. The number of benzene rings is 2. The number of furan rings is 1. The molecule has 118 valence electrons. The second-order valence-electron chi connectivity index (χ2n) is 5.78. The Morgan fingerprint density at radius 3 is 2.29 bits per heavy atom. The maximum Gasteiger partial charge on any atom is 0.214 e. The van der Waals surface area contributed by atoms with Gasteiger partial charge in [-0.15, -0.1) is 0 Å². The topological polar surface area (TPSA) is 78.1 Å². The molecular formula is C20H17N3O. The van der Waals surface area contributed by atoms with Gasteiger partial charge in [0, 0.05) is 17.1 Å². The summed E-state index contributed by atoms with van der Waals surface area (Å²) in [5, 5.41) is 0.797. The van der Waals surface area contributed by atoms with Gasteiger partial charge in [0.25, 0.3) is 0 Å². The third kappa shape index (κ3) is 2.48. The predicted octanol–water partition coefficient (Wildman–Crippen LogP) is 4.25. The fourth-order valence-corrected chi connectivity index (χ4v) is 2.88. The summed E-state index contributed by atoms with van der Waals surface area (Å²) in [4.78, 5) is 4.44. The number of hydrogen-bond donors (Lipinski definition) is 2. The van der Waals surface area contributed by atoms with E-state index in [1.807, 2.05) is 12.1 Å². The van der Waals surface area contributed by atoms with Gasteiger partial charge in [-0.1, -0.05) is 54.6 Å². The second kappa shape index (κ2) is 5.74. The molecule has 0 saturated carbocycles. The standard InChI is InChI=1S/C20H17N3O/c21-17-16-10-11-23-18(19(16)24-20(17)22)15-8-6-14(7-9-15)12-13-4-2-1-3-5-13/h1-11H,12,21-22H2. The van der Waals surface area contributed by atoms with E-state index in [1.165, 1.54) is 11.1 Å². The Bertz CT molecular complexity index is 989. The van der Waals surface area contributed by atoms with Crippen LogP contribution in [0.5, 0.6) is 0 Å². The number of nitrogens with zero attached hydrogens (tertiary/aromatic N) is 1. The first-order chi connectivity index (χ1) is 11.7. The highest BCUT2D eigenvalue weighted by Gasteiger charge is 2.14. The molecule has 2 aromatic heterocycles. The molecule has 0 amide bonds. The zero-order valence-electron chi connectivity index (χ0n) is 13.1. The molecule has 0 atom stereocenters. The summed E-state index contributed by atoms with van der Waals surface area (Å²) in [6, 6.07) is 20.5. The van der Waals surface area contributed by atoms with Crippen LogP contribution in [0.15, 0.2) is 71.3 Å². The molecule has 0 aliphatic rings. The summed E-state index contributed by atoms with van der Waals surface area (Å²) in [5.41, 5.74) is 17.1. The normalized spacial score (nSPS) is 11.0. The summed E-state index contributed by atoms with van der Waals surface area (Å²) < 4.78 is 5.60. The van der Waals surface area contributed by atoms with Crippen LogP contribution in [0.4, 0.5) is 11.6 Å². The fraction of sp³-hybridized carbons (Fsp3) is 0.0500. The van der Waals surface area contributed by atoms with Crippen molar-refractivity contribution in [3.63, 3.8) is 0 Å². The largest absolute Gasteiger partial charge is 0.436 e. The molecular weight excluding hydrogens is 298 g/mol. The summed E-state index contributed by atoms with van der Waals surface area (Å²) in [5.74, 6) is 0.236. The van der Waals surface area contributed by atoms with Crippen molar-refractivity contribution >= 4 is 22.5 Å². The van der Waals surface area contributed by atoms with Gasteiger partial charge >= 0.3 is 0 Å². The Morgan fingerprint density at radius 1 is 0.833 bits per heavy atom. The highest BCUT2D eigenvalue weighted by Crippen LogP contribution is 2.35. The van der Waals surface area contributed by atoms with Gasteiger partial charge in [0.2, 0.25) is 5.88 Å². The van der Waals surface area contributed by atoms with E-state index in [2.05, 4.69) is 53.5 Å². The molecule has 2 heterocycles. The lowest BCUT2D eigenvalue weighted by Gasteiger charge is -2.05. The van der Waals surface area contributed by atoms with Gasteiger partial charge in [0.15, 0.2) is 5.58 Å². The first-order valence-electron chi connectivity index (χ1n) is 7.78. The highest BCUT2D eigenvalue weighted by molar-refractivity contribution is 6.01. The number of nitrogen functional groups attached to an aromatic ring is 2. The number of aromatic nitrogens is 1. The van der Waals surface area contributed by atoms with Gasteiger partial charge in [0.05, 0.1) is 0 Å². The van der Waals surface area contributed by atoms with Crippen LogP contribution < -0.4 is 11.5 Å². The molecule has 2 aromatic carbocycles. The Balaban J connectivity index is 1.69. The third-order valence-electron chi connectivity index (χ3n) is 4.15. The number of fused-ring (bicyclic) bond motifs is 1. The van der Waals surface area contributed by atoms with Crippen molar-refractivity contribution in [1.82, 2.24) is 4.98 Å². The SMILES string of the molecule is Nc1oc2c(-c3ccc(Cc4ccccc4)cc3)nccc2c1N. The zero-order valence-corrected chi connectivity index (χ0v) is 13.1. The van der Waals surface area contributed by atoms with Gasteiger partial charge < -0.3 is 15.9 Å². The van der Waals surface area contributed by atoms with E-state index in [1.54, 1.807) is 6.20 Å². The second-order valence-corrected chi connectivity index (χ2v) is 5.78. The van der Waals surface area contributed by atoms with Crippen molar-refractivity contribution in [3.8, 4) is 11.3 Å². The molecule has 4 rings (SSSR count). The smallest absolute Gasteiger partial charge is 0.214 e. The van der Waals surface area contributed by atoms with Crippen molar-refractivity contribution in [3.05, 3.63) is 78.0 Å². The van der Waals surface area contributed by atoms with Gasteiger partial charge in [0.1, 0.15) is 11.4 Å². The maximum absolute atomic E-state index is 5.95. The van der Waals surface area contributed by atoms with Gasteiger partial charge in [-0.2, -0.15) is 0 Å². The van der Waals surface area contributed by atoms with E-state index in [0.29, 0.717) is 11.3 Å². The van der Waals surface area contributed by atoms with Gasteiger partial charge in [-0.05, 0) is 23.6 Å². The summed E-state index contributed by atoms with van der Waals surface area (Å²) >= 11 is 0. The number of nitrogens with two attached hydrogens (primary N) is 2. The molecule has 0 bridgehead atoms. The third-order valence-corrected chi connectivity index (χ3v) is 4.15. The van der Waals surface area contributed by atoms with Crippen LogP contribution in [-0.4, -0.2) is 4.98 Å². The van der Waals surface area contributed by atoms with Crippen LogP contribution in [0.25, 0.3) is 22.2 Å². The molecule has 0 aliphatic carbocycles. The Morgan fingerprint density at radius 2 is 1.54 bits per heavy atom. The van der Waals surface area contributed by atoms with Crippen molar-refractivity contribution in [2.45, 2.75) is 6.42 Å². The molecule has 0 spiro atoms. The molecule has 0 aliphatic heterocycles. The average molecular weight is 315 g/mol. The van der Waals surface area contributed by atoms with Crippen LogP contribution in [0.2, 0.25) is 0 Å². The van der Waals surface area contributed by atoms with E-state index in [0.717, 1.165) is 23.1 Å². The summed E-state index contributed by atoms with van der Waals surface area (Å²) in [7, 11) is 0. The van der Waals surface area contributed by atoms with Crippen molar-refractivity contribution in [2.75, 3.05) is 11.5 Å². The molecule has 0 saturated heterocycles. The van der Waals surface area contributed by atoms with Crippen LogP contribution in [-0.2, 0) is 6.42 Å².